The number of aliphatic carboxylic acids is 1. The molecule has 110 valence electrons. The number of carboxylic acids is 1. The van der Waals surface area contributed by atoms with Crippen molar-refractivity contribution in [1.29, 1.82) is 0 Å². The van der Waals surface area contributed by atoms with Crippen LogP contribution in [0.5, 0.6) is 0 Å². The van der Waals surface area contributed by atoms with E-state index in [-0.39, 0.29) is 18.1 Å². The lowest BCUT2D eigenvalue weighted by atomic mass is 9.97. The highest BCUT2D eigenvalue weighted by Gasteiger charge is 2.24. The Balaban J connectivity index is 2.43. The summed E-state index contributed by atoms with van der Waals surface area (Å²) in [7, 11) is 0. The Morgan fingerprint density at radius 3 is 2.42 bits per heavy atom. The van der Waals surface area contributed by atoms with Crippen molar-refractivity contribution in [3.63, 3.8) is 0 Å². The lowest BCUT2D eigenvalue weighted by Crippen LogP contribution is -2.49. The lowest BCUT2D eigenvalue weighted by molar-refractivity contribution is -0.141. The molecule has 1 aliphatic rings. The summed E-state index contributed by atoms with van der Waals surface area (Å²) in [6.45, 7) is 5.48. The van der Waals surface area contributed by atoms with E-state index < -0.39 is 11.9 Å². The van der Waals surface area contributed by atoms with Gasteiger partial charge in [-0.25, -0.2) is 4.79 Å². The third-order valence-corrected chi connectivity index (χ3v) is 4.18. The molecular formula is C14H26N2O3. The van der Waals surface area contributed by atoms with Gasteiger partial charge < -0.3 is 15.7 Å². The lowest BCUT2D eigenvalue weighted by Gasteiger charge is -2.25. The summed E-state index contributed by atoms with van der Waals surface area (Å²) >= 11 is 0. The van der Waals surface area contributed by atoms with Gasteiger partial charge in [-0.15, -0.1) is 0 Å². The molecule has 0 radical (unpaired) electrons. The first-order valence-electron chi connectivity index (χ1n) is 7.21. The molecule has 1 saturated carbocycles. The van der Waals surface area contributed by atoms with Crippen LogP contribution < -0.4 is 10.6 Å². The van der Waals surface area contributed by atoms with Crippen LogP contribution in [0, 0.1) is 11.8 Å². The Morgan fingerprint density at radius 1 is 1.16 bits per heavy atom. The molecule has 1 aliphatic carbocycles. The van der Waals surface area contributed by atoms with Crippen LogP contribution in [0.1, 0.15) is 52.9 Å². The largest absolute Gasteiger partial charge is 0.481 e. The number of hydrogen-bond donors (Lipinski definition) is 3. The van der Waals surface area contributed by atoms with E-state index in [1.54, 1.807) is 13.8 Å². The van der Waals surface area contributed by atoms with Gasteiger partial charge in [0.15, 0.2) is 0 Å². The van der Waals surface area contributed by atoms with Gasteiger partial charge in [0, 0.05) is 12.1 Å². The maximum atomic E-state index is 11.9. The average Bonchev–Trinajstić information content (AvgIpc) is 2.53. The average molecular weight is 270 g/mol. The van der Waals surface area contributed by atoms with Crippen LogP contribution in [-0.2, 0) is 4.79 Å². The summed E-state index contributed by atoms with van der Waals surface area (Å²) in [4.78, 5) is 22.7. The molecule has 1 rings (SSSR count). The number of carbonyl (C=O) groups excluding carboxylic acids is 1. The summed E-state index contributed by atoms with van der Waals surface area (Å²) < 4.78 is 0. The summed E-state index contributed by atoms with van der Waals surface area (Å²) in [6.07, 6.45) is 5.77. The molecule has 5 nitrogen and oxygen atoms in total. The summed E-state index contributed by atoms with van der Waals surface area (Å²) in [5.74, 6) is -0.992. The van der Waals surface area contributed by atoms with Crippen molar-refractivity contribution >= 4 is 12.0 Å². The van der Waals surface area contributed by atoms with E-state index in [2.05, 4.69) is 17.6 Å². The Morgan fingerprint density at radius 2 is 1.79 bits per heavy atom. The van der Waals surface area contributed by atoms with Crippen LogP contribution in [0.25, 0.3) is 0 Å². The first kappa shape index (κ1) is 15.8. The molecular weight excluding hydrogens is 244 g/mol. The zero-order valence-electron chi connectivity index (χ0n) is 12.1. The van der Waals surface area contributed by atoms with Crippen LogP contribution in [0.3, 0.4) is 0 Å². The molecule has 0 heterocycles. The Bertz CT molecular complexity index is 320. The van der Waals surface area contributed by atoms with Crippen LogP contribution in [0.2, 0.25) is 0 Å². The highest BCUT2D eigenvalue weighted by atomic mass is 16.4. The topological polar surface area (TPSA) is 78.4 Å². The van der Waals surface area contributed by atoms with Crippen molar-refractivity contribution < 1.29 is 14.7 Å². The van der Waals surface area contributed by atoms with Gasteiger partial charge in [0.25, 0.3) is 0 Å². The standard InChI is InChI=1S/C14H26N2O3/c1-9-7-5-4-6-8-12(9)16-14(19)15-11(3)10(2)13(17)18/h9-12H,4-8H2,1-3H3,(H,17,18)(H2,15,16,19). The molecule has 0 aliphatic heterocycles. The highest BCUT2D eigenvalue weighted by Crippen LogP contribution is 2.22. The van der Waals surface area contributed by atoms with Gasteiger partial charge in [-0.2, -0.15) is 0 Å². The van der Waals surface area contributed by atoms with Crippen LogP contribution in [-0.4, -0.2) is 29.2 Å². The van der Waals surface area contributed by atoms with Gasteiger partial charge in [0.1, 0.15) is 0 Å². The van der Waals surface area contributed by atoms with Gasteiger partial charge in [0.05, 0.1) is 5.92 Å². The van der Waals surface area contributed by atoms with E-state index in [0.29, 0.717) is 5.92 Å². The molecule has 0 spiro atoms. The number of carbonyl (C=O) groups is 2. The molecule has 1 fully saturated rings. The molecule has 5 heteroatoms. The first-order chi connectivity index (χ1) is 8.91. The Kier molecular flexibility index (Phi) is 6.12. The third-order valence-electron chi connectivity index (χ3n) is 4.18. The van der Waals surface area contributed by atoms with E-state index in [1.165, 1.54) is 12.8 Å². The minimum absolute atomic E-state index is 0.204. The van der Waals surface area contributed by atoms with E-state index in [4.69, 9.17) is 5.11 Å². The number of nitrogens with one attached hydrogen (secondary N) is 2. The maximum absolute atomic E-state index is 11.9. The molecule has 4 atom stereocenters. The van der Waals surface area contributed by atoms with Gasteiger partial charge in [-0.1, -0.05) is 26.2 Å². The summed E-state index contributed by atoms with van der Waals surface area (Å²) in [6, 6.07) is -0.423. The molecule has 2 amide bonds. The zero-order chi connectivity index (χ0) is 14.4. The second-order valence-corrected chi connectivity index (χ2v) is 5.76. The fourth-order valence-electron chi connectivity index (χ4n) is 2.46. The van der Waals surface area contributed by atoms with Crippen molar-refractivity contribution in [2.24, 2.45) is 11.8 Å². The van der Waals surface area contributed by atoms with E-state index >= 15 is 0 Å². The van der Waals surface area contributed by atoms with Crippen LogP contribution in [0.15, 0.2) is 0 Å². The van der Waals surface area contributed by atoms with Crippen molar-refractivity contribution in [3.8, 4) is 0 Å². The first-order valence-corrected chi connectivity index (χ1v) is 7.21. The van der Waals surface area contributed by atoms with Crippen molar-refractivity contribution in [1.82, 2.24) is 10.6 Å². The SMILES string of the molecule is CC1CCCCCC1NC(=O)NC(C)C(C)C(=O)O. The molecule has 0 aromatic heterocycles. The van der Waals surface area contributed by atoms with Crippen molar-refractivity contribution in [2.75, 3.05) is 0 Å². The fourth-order valence-corrected chi connectivity index (χ4v) is 2.46. The van der Waals surface area contributed by atoms with Crippen molar-refractivity contribution in [3.05, 3.63) is 0 Å². The second-order valence-electron chi connectivity index (χ2n) is 5.76. The maximum Gasteiger partial charge on any atom is 0.315 e. The monoisotopic (exact) mass is 270 g/mol. The highest BCUT2D eigenvalue weighted by molar-refractivity contribution is 5.76. The molecule has 0 saturated heterocycles. The van der Waals surface area contributed by atoms with Gasteiger partial charge in [0.2, 0.25) is 0 Å². The number of amides is 2. The molecule has 0 bridgehead atoms. The normalized spacial score (nSPS) is 26.9. The van der Waals surface area contributed by atoms with E-state index in [1.807, 2.05) is 0 Å². The second kappa shape index (κ2) is 7.36. The van der Waals surface area contributed by atoms with E-state index in [0.717, 1.165) is 19.3 Å². The van der Waals surface area contributed by atoms with Crippen LogP contribution in [0.4, 0.5) is 4.79 Å². The number of hydrogen-bond acceptors (Lipinski definition) is 2. The number of rotatable bonds is 4. The minimum Gasteiger partial charge on any atom is -0.481 e. The van der Waals surface area contributed by atoms with Crippen molar-refractivity contribution in [2.45, 2.75) is 65.0 Å². The predicted octanol–water partition coefficient (Wildman–Crippen LogP) is 2.36. The van der Waals surface area contributed by atoms with Crippen LogP contribution >= 0.6 is 0 Å². The third kappa shape index (κ3) is 5.09. The molecule has 0 aromatic rings. The quantitative estimate of drug-likeness (QED) is 0.686. The molecule has 0 aromatic carbocycles. The van der Waals surface area contributed by atoms with Gasteiger partial charge in [-0.05, 0) is 32.6 Å². The summed E-state index contributed by atoms with van der Waals surface area (Å²) in [5, 5.41) is 14.6. The van der Waals surface area contributed by atoms with Gasteiger partial charge >= 0.3 is 12.0 Å². The van der Waals surface area contributed by atoms with E-state index in [9.17, 15) is 9.59 Å². The predicted molar refractivity (Wildman–Crippen MR) is 74.0 cm³/mol. The zero-order valence-corrected chi connectivity index (χ0v) is 12.1. The number of carboxylic acid groups (broad SMARTS) is 1. The Hall–Kier alpha value is -1.26. The number of urea groups is 1. The fraction of sp³-hybridized carbons (Fsp3) is 0.857. The smallest absolute Gasteiger partial charge is 0.315 e. The minimum atomic E-state index is -0.893. The molecule has 19 heavy (non-hydrogen) atoms. The molecule has 3 N–H and O–H groups in total. The Labute approximate surface area is 115 Å². The van der Waals surface area contributed by atoms with Gasteiger partial charge in [-0.3, -0.25) is 4.79 Å². The summed E-state index contributed by atoms with van der Waals surface area (Å²) in [5.41, 5.74) is 0. The molecule has 4 unspecified atom stereocenters.